The summed E-state index contributed by atoms with van der Waals surface area (Å²) in [5.41, 5.74) is 0.970. The number of benzene rings is 1. The van der Waals surface area contributed by atoms with Crippen LogP contribution in [0, 0.1) is 18.7 Å². The number of hydrogen-bond acceptors (Lipinski definition) is 3. The molecule has 1 aliphatic rings. The third-order valence-corrected chi connectivity index (χ3v) is 5.42. The summed E-state index contributed by atoms with van der Waals surface area (Å²) in [6, 6.07) is 6.60. The Labute approximate surface area is 160 Å². The maximum Gasteiger partial charge on any atom is 0.224 e. The fourth-order valence-corrected chi connectivity index (χ4v) is 3.69. The van der Waals surface area contributed by atoms with Crippen molar-refractivity contribution in [1.82, 2.24) is 19.4 Å². The SMILES string of the molecule is Cc1nccn1CCN1CCC(=O)N(Cc2ccc(F)cc2)[C@H](C(C)C)C1. The van der Waals surface area contributed by atoms with E-state index in [4.69, 9.17) is 0 Å². The van der Waals surface area contributed by atoms with Crippen molar-refractivity contribution in [3.05, 3.63) is 53.9 Å². The first kappa shape index (κ1) is 19.5. The summed E-state index contributed by atoms with van der Waals surface area (Å²) in [4.78, 5) is 21.5. The van der Waals surface area contributed by atoms with Gasteiger partial charge in [0.2, 0.25) is 5.91 Å². The van der Waals surface area contributed by atoms with Gasteiger partial charge in [-0.25, -0.2) is 9.37 Å². The Bertz CT molecular complexity index is 756. The molecule has 0 bridgehead atoms. The molecule has 2 aromatic rings. The molecule has 3 rings (SSSR count). The van der Waals surface area contributed by atoms with E-state index < -0.39 is 0 Å². The van der Waals surface area contributed by atoms with Crippen molar-refractivity contribution in [3.63, 3.8) is 0 Å². The van der Waals surface area contributed by atoms with Crippen LogP contribution in [0.2, 0.25) is 0 Å². The lowest BCUT2D eigenvalue weighted by Crippen LogP contribution is -2.46. The van der Waals surface area contributed by atoms with E-state index in [9.17, 15) is 9.18 Å². The van der Waals surface area contributed by atoms with Gasteiger partial charge in [-0.1, -0.05) is 26.0 Å². The first-order chi connectivity index (χ1) is 12.9. The summed E-state index contributed by atoms with van der Waals surface area (Å²) in [6.45, 7) is 10.3. The highest BCUT2D eigenvalue weighted by Crippen LogP contribution is 2.21. The summed E-state index contributed by atoms with van der Waals surface area (Å²) < 4.78 is 15.3. The number of aryl methyl sites for hydroxylation is 1. The number of carbonyl (C=O) groups is 1. The summed E-state index contributed by atoms with van der Waals surface area (Å²) in [7, 11) is 0. The minimum Gasteiger partial charge on any atom is -0.334 e. The average molecular weight is 372 g/mol. The normalized spacial score (nSPS) is 18.9. The van der Waals surface area contributed by atoms with E-state index in [1.807, 2.05) is 24.2 Å². The molecule has 2 heterocycles. The van der Waals surface area contributed by atoms with E-state index >= 15 is 0 Å². The van der Waals surface area contributed by atoms with Gasteiger partial charge in [-0.2, -0.15) is 0 Å². The predicted octanol–water partition coefficient (Wildman–Crippen LogP) is 3.09. The molecule has 1 aromatic heterocycles. The van der Waals surface area contributed by atoms with Crippen molar-refractivity contribution in [2.75, 3.05) is 19.6 Å². The number of imidazole rings is 1. The van der Waals surface area contributed by atoms with Gasteiger partial charge in [-0.3, -0.25) is 9.69 Å². The first-order valence-electron chi connectivity index (χ1n) is 9.68. The Morgan fingerprint density at radius 1 is 1.22 bits per heavy atom. The minimum atomic E-state index is -0.248. The number of halogens is 1. The van der Waals surface area contributed by atoms with Crippen LogP contribution in [0.4, 0.5) is 4.39 Å². The van der Waals surface area contributed by atoms with Gasteiger partial charge in [0, 0.05) is 57.6 Å². The monoisotopic (exact) mass is 372 g/mol. The minimum absolute atomic E-state index is 0.147. The van der Waals surface area contributed by atoms with E-state index in [1.165, 1.54) is 12.1 Å². The Hall–Kier alpha value is -2.21. The van der Waals surface area contributed by atoms with E-state index in [2.05, 4.69) is 28.3 Å². The van der Waals surface area contributed by atoms with E-state index in [-0.39, 0.29) is 17.8 Å². The summed E-state index contributed by atoms with van der Waals surface area (Å²) >= 11 is 0. The van der Waals surface area contributed by atoms with Gasteiger partial charge >= 0.3 is 0 Å². The quantitative estimate of drug-likeness (QED) is 0.782. The molecule has 5 nitrogen and oxygen atoms in total. The molecule has 0 radical (unpaired) electrons. The number of hydrogen-bond donors (Lipinski definition) is 0. The molecule has 0 spiro atoms. The van der Waals surface area contributed by atoms with Crippen molar-refractivity contribution < 1.29 is 9.18 Å². The molecule has 1 aliphatic heterocycles. The van der Waals surface area contributed by atoms with Gasteiger partial charge in [-0.05, 0) is 30.5 Å². The van der Waals surface area contributed by atoms with Crippen LogP contribution in [0.5, 0.6) is 0 Å². The summed E-state index contributed by atoms with van der Waals surface area (Å²) in [5, 5.41) is 0. The van der Waals surface area contributed by atoms with Crippen LogP contribution in [-0.2, 0) is 17.9 Å². The fraction of sp³-hybridized carbons (Fsp3) is 0.524. The molecule has 0 N–H and O–H groups in total. The molecule has 1 aromatic carbocycles. The van der Waals surface area contributed by atoms with Crippen molar-refractivity contribution >= 4 is 5.91 Å². The van der Waals surface area contributed by atoms with Crippen molar-refractivity contribution in [1.29, 1.82) is 0 Å². The predicted molar refractivity (Wildman–Crippen MR) is 104 cm³/mol. The van der Waals surface area contributed by atoms with Crippen LogP contribution in [0.25, 0.3) is 0 Å². The van der Waals surface area contributed by atoms with Crippen LogP contribution >= 0.6 is 0 Å². The molecule has 1 fully saturated rings. The van der Waals surface area contributed by atoms with Crippen LogP contribution in [0.3, 0.4) is 0 Å². The molecule has 0 saturated carbocycles. The van der Waals surface area contributed by atoms with Gasteiger partial charge in [0.25, 0.3) is 0 Å². The van der Waals surface area contributed by atoms with Gasteiger partial charge in [0.15, 0.2) is 0 Å². The fourth-order valence-electron chi connectivity index (χ4n) is 3.69. The lowest BCUT2D eigenvalue weighted by atomic mass is 10.0. The highest BCUT2D eigenvalue weighted by Gasteiger charge is 2.31. The molecule has 1 atom stereocenters. The van der Waals surface area contributed by atoms with Crippen LogP contribution < -0.4 is 0 Å². The maximum absolute atomic E-state index is 13.2. The largest absolute Gasteiger partial charge is 0.334 e. The molecule has 146 valence electrons. The molecule has 1 saturated heterocycles. The Balaban J connectivity index is 1.70. The van der Waals surface area contributed by atoms with Crippen molar-refractivity contribution in [3.8, 4) is 0 Å². The third kappa shape index (κ3) is 4.95. The smallest absolute Gasteiger partial charge is 0.224 e. The highest BCUT2D eigenvalue weighted by molar-refractivity contribution is 5.77. The summed E-state index contributed by atoms with van der Waals surface area (Å²) in [5.74, 6) is 1.30. The van der Waals surface area contributed by atoms with Crippen molar-refractivity contribution in [2.24, 2.45) is 5.92 Å². The van der Waals surface area contributed by atoms with Crippen molar-refractivity contribution in [2.45, 2.75) is 46.3 Å². The Kier molecular flexibility index (Phi) is 6.26. The zero-order chi connectivity index (χ0) is 19.4. The van der Waals surface area contributed by atoms with Crippen LogP contribution in [-0.4, -0.2) is 50.9 Å². The molecule has 6 heteroatoms. The second-order valence-electron chi connectivity index (χ2n) is 7.68. The molecule has 27 heavy (non-hydrogen) atoms. The Morgan fingerprint density at radius 3 is 2.59 bits per heavy atom. The number of amides is 1. The molecular formula is C21H29FN4O. The van der Waals surface area contributed by atoms with Gasteiger partial charge in [0.05, 0.1) is 0 Å². The average Bonchev–Trinajstić information content (AvgIpc) is 2.98. The number of nitrogens with zero attached hydrogens (tertiary/aromatic N) is 4. The lowest BCUT2D eigenvalue weighted by molar-refractivity contribution is -0.134. The third-order valence-electron chi connectivity index (χ3n) is 5.42. The Morgan fingerprint density at radius 2 is 1.96 bits per heavy atom. The molecule has 1 amide bonds. The number of carbonyl (C=O) groups excluding carboxylic acids is 1. The maximum atomic E-state index is 13.2. The number of rotatable bonds is 6. The molecule has 0 unspecified atom stereocenters. The van der Waals surface area contributed by atoms with Crippen LogP contribution in [0.15, 0.2) is 36.7 Å². The van der Waals surface area contributed by atoms with Gasteiger partial charge in [-0.15, -0.1) is 0 Å². The van der Waals surface area contributed by atoms with Crippen LogP contribution in [0.1, 0.15) is 31.7 Å². The second kappa shape index (κ2) is 8.65. The lowest BCUT2D eigenvalue weighted by Gasteiger charge is -2.35. The summed E-state index contributed by atoms with van der Waals surface area (Å²) in [6.07, 6.45) is 4.34. The van der Waals surface area contributed by atoms with E-state index in [0.29, 0.717) is 18.9 Å². The van der Waals surface area contributed by atoms with Gasteiger partial charge < -0.3 is 9.47 Å². The zero-order valence-corrected chi connectivity index (χ0v) is 16.4. The molecule has 0 aliphatic carbocycles. The zero-order valence-electron chi connectivity index (χ0n) is 16.4. The van der Waals surface area contributed by atoms with E-state index in [0.717, 1.165) is 37.6 Å². The standard InChI is InChI=1S/C21H29FN4O/c1-16(2)20-15-24(12-13-25-11-9-23-17(25)3)10-8-21(27)26(20)14-18-4-6-19(22)7-5-18/h4-7,9,11,16,20H,8,10,12-15H2,1-3H3/t20-/m0/s1. The first-order valence-corrected chi connectivity index (χ1v) is 9.68. The number of aromatic nitrogens is 2. The topological polar surface area (TPSA) is 41.4 Å². The molecular weight excluding hydrogens is 343 g/mol. The highest BCUT2D eigenvalue weighted by atomic mass is 19.1. The van der Waals surface area contributed by atoms with E-state index in [1.54, 1.807) is 12.1 Å². The second-order valence-corrected chi connectivity index (χ2v) is 7.68. The van der Waals surface area contributed by atoms with Gasteiger partial charge in [0.1, 0.15) is 11.6 Å².